The Labute approximate surface area is 95.8 Å². The molecule has 16 heavy (non-hydrogen) atoms. The monoisotopic (exact) mass is 219 g/mol. The molecule has 86 valence electrons. The summed E-state index contributed by atoms with van der Waals surface area (Å²) in [4.78, 5) is 0. The first kappa shape index (κ1) is 9.97. The van der Waals surface area contributed by atoms with Gasteiger partial charge in [0.15, 0.2) is 11.5 Å². The van der Waals surface area contributed by atoms with E-state index in [9.17, 15) is 0 Å². The third-order valence-electron chi connectivity index (χ3n) is 3.62. The number of rotatable bonds is 2. The number of hydrogen-bond acceptors (Lipinski definition) is 3. The number of ether oxygens (including phenoxy) is 2. The molecule has 2 aliphatic rings. The van der Waals surface area contributed by atoms with E-state index < -0.39 is 0 Å². The quantitative estimate of drug-likeness (QED) is 0.827. The van der Waals surface area contributed by atoms with E-state index in [-0.39, 0.29) is 0 Å². The van der Waals surface area contributed by atoms with Gasteiger partial charge in [-0.1, -0.05) is 13.0 Å². The molecule has 0 amide bonds. The van der Waals surface area contributed by atoms with E-state index in [2.05, 4.69) is 24.4 Å². The summed E-state index contributed by atoms with van der Waals surface area (Å²) in [6, 6.07) is 6.90. The zero-order chi connectivity index (χ0) is 11.0. The largest absolute Gasteiger partial charge is 0.454 e. The number of nitrogens with one attached hydrogen (secondary N) is 1. The number of benzene rings is 1. The molecule has 0 radical (unpaired) electrons. The summed E-state index contributed by atoms with van der Waals surface area (Å²) in [5.41, 5.74) is 1.34. The molecule has 0 aliphatic carbocycles. The molecular weight excluding hydrogens is 202 g/mol. The molecule has 2 aliphatic heterocycles. The Morgan fingerprint density at radius 3 is 3.00 bits per heavy atom. The molecule has 1 saturated heterocycles. The molecule has 3 rings (SSSR count). The molecule has 0 bridgehead atoms. The van der Waals surface area contributed by atoms with Gasteiger partial charge in [-0.05, 0) is 43.0 Å². The standard InChI is InChI=1S/C13H17NO2/c1-9(11-3-2-6-14-11)10-4-5-12-13(7-10)16-8-15-12/h4-5,7,9,11,14H,2-3,6,8H2,1H3. The van der Waals surface area contributed by atoms with Gasteiger partial charge >= 0.3 is 0 Å². The van der Waals surface area contributed by atoms with Crippen LogP contribution in [0.3, 0.4) is 0 Å². The Morgan fingerprint density at radius 2 is 2.19 bits per heavy atom. The molecule has 0 spiro atoms. The molecule has 2 atom stereocenters. The summed E-state index contributed by atoms with van der Waals surface area (Å²) >= 11 is 0. The third-order valence-corrected chi connectivity index (χ3v) is 3.62. The Balaban J connectivity index is 1.83. The average molecular weight is 219 g/mol. The smallest absolute Gasteiger partial charge is 0.231 e. The van der Waals surface area contributed by atoms with Crippen LogP contribution in [0.15, 0.2) is 18.2 Å². The highest BCUT2D eigenvalue weighted by Crippen LogP contribution is 2.36. The van der Waals surface area contributed by atoms with E-state index in [0.717, 1.165) is 18.0 Å². The normalized spacial score (nSPS) is 24.7. The van der Waals surface area contributed by atoms with Gasteiger partial charge in [0, 0.05) is 6.04 Å². The maximum atomic E-state index is 5.41. The van der Waals surface area contributed by atoms with E-state index in [1.807, 2.05) is 6.07 Å². The van der Waals surface area contributed by atoms with Gasteiger partial charge in [0.2, 0.25) is 6.79 Å². The first-order valence-corrected chi connectivity index (χ1v) is 5.97. The lowest BCUT2D eigenvalue weighted by molar-refractivity contribution is 0.174. The molecule has 3 heteroatoms. The van der Waals surface area contributed by atoms with Crippen LogP contribution in [0, 0.1) is 0 Å². The van der Waals surface area contributed by atoms with Gasteiger partial charge in [-0.15, -0.1) is 0 Å². The second kappa shape index (κ2) is 3.98. The predicted molar refractivity (Wildman–Crippen MR) is 62.0 cm³/mol. The molecule has 0 aromatic heterocycles. The summed E-state index contributed by atoms with van der Waals surface area (Å²) in [5.74, 6) is 2.30. The third kappa shape index (κ3) is 1.65. The van der Waals surface area contributed by atoms with Gasteiger partial charge in [-0.2, -0.15) is 0 Å². The minimum atomic E-state index is 0.356. The minimum Gasteiger partial charge on any atom is -0.454 e. The first-order chi connectivity index (χ1) is 7.84. The fourth-order valence-electron chi connectivity index (χ4n) is 2.57. The SMILES string of the molecule is CC(c1ccc2c(c1)OCO2)C1CCCN1. The molecule has 1 N–H and O–H groups in total. The Hall–Kier alpha value is -1.22. The van der Waals surface area contributed by atoms with Crippen molar-refractivity contribution in [1.29, 1.82) is 0 Å². The lowest BCUT2D eigenvalue weighted by Crippen LogP contribution is -2.27. The van der Waals surface area contributed by atoms with E-state index in [1.54, 1.807) is 0 Å². The van der Waals surface area contributed by atoms with Crippen LogP contribution >= 0.6 is 0 Å². The lowest BCUT2D eigenvalue weighted by Gasteiger charge is -2.20. The van der Waals surface area contributed by atoms with Crippen LogP contribution in [-0.4, -0.2) is 19.4 Å². The van der Waals surface area contributed by atoms with Crippen molar-refractivity contribution in [2.75, 3.05) is 13.3 Å². The van der Waals surface area contributed by atoms with Gasteiger partial charge in [0.1, 0.15) is 0 Å². The van der Waals surface area contributed by atoms with Crippen LogP contribution in [-0.2, 0) is 0 Å². The zero-order valence-corrected chi connectivity index (χ0v) is 9.53. The van der Waals surface area contributed by atoms with Crippen molar-refractivity contribution in [3.05, 3.63) is 23.8 Å². The van der Waals surface area contributed by atoms with Gasteiger partial charge in [0.25, 0.3) is 0 Å². The molecule has 1 aromatic rings. The van der Waals surface area contributed by atoms with Crippen LogP contribution in [0.5, 0.6) is 11.5 Å². The number of hydrogen-bond donors (Lipinski definition) is 1. The van der Waals surface area contributed by atoms with E-state index >= 15 is 0 Å². The molecule has 2 unspecified atom stereocenters. The zero-order valence-electron chi connectivity index (χ0n) is 9.53. The van der Waals surface area contributed by atoms with Crippen molar-refractivity contribution in [1.82, 2.24) is 5.32 Å². The van der Waals surface area contributed by atoms with Crippen LogP contribution in [0.1, 0.15) is 31.2 Å². The fraction of sp³-hybridized carbons (Fsp3) is 0.538. The Bertz CT molecular complexity index is 386. The van der Waals surface area contributed by atoms with E-state index in [1.165, 1.54) is 18.4 Å². The van der Waals surface area contributed by atoms with Crippen LogP contribution < -0.4 is 14.8 Å². The summed E-state index contributed by atoms with van der Waals surface area (Å²) < 4.78 is 10.7. The number of fused-ring (bicyclic) bond motifs is 1. The minimum absolute atomic E-state index is 0.356. The first-order valence-electron chi connectivity index (χ1n) is 5.97. The summed E-state index contributed by atoms with van der Waals surface area (Å²) in [6.07, 6.45) is 2.56. The van der Waals surface area contributed by atoms with Crippen LogP contribution in [0.2, 0.25) is 0 Å². The Kier molecular flexibility index (Phi) is 2.48. The maximum absolute atomic E-state index is 5.41. The summed E-state index contributed by atoms with van der Waals surface area (Å²) in [7, 11) is 0. The highest BCUT2D eigenvalue weighted by molar-refractivity contribution is 5.45. The van der Waals surface area contributed by atoms with Crippen LogP contribution in [0.25, 0.3) is 0 Å². The highest BCUT2D eigenvalue weighted by atomic mass is 16.7. The summed E-state index contributed by atoms with van der Waals surface area (Å²) in [5, 5.41) is 3.55. The van der Waals surface area contributed by atoms with Gasteiger partial charge < -0.3 is 14.8 Å². The van der Waals surface area contributed by atoms with Gasteiger partial charge in [-0.25, -0.2) is 0 Å². The van der Waals surface area contributed by atoms with E-state index in [4.69, 9.17) is 9.47 Å². The maximum Gasteiger partial charge on any atom is 0.231 e. The van der Waals surface area contributed by atoms with Crippen molar-refractivity contribution >= 4 is 0 Å². The lowest BCUT2D eigenvalue weighted by atomic mass is 9.92. The molecule has 2 heterocycles. The van der Waals surface area contributed by atoms with Gasteiger partial charge in [0.05, 0.1) is 0 Å². The predicted octanol–water partition coefficient (Wildman–Crippen LogP) is 2.27. The molecule has 1 aromatic carbocycles. The second-order valence-electron chi connectivity index (χ2n) is 4.60. The summed E-state index contributed by atoms with van der Waals surface area (Å²) in [6.45, 7) is 3.79. The fourth-order valence-corrected chi connectivity index (χ4v) is 2.57. The molecule has 0 saturated carbocycles. The molecule has 1 fully saturated rings. The van der Waals surface area contributed by atoms with Crippen molar-refractivity contribution in [3.63, 3.8) is 0 Å². The van der Waals surface area contributed by atoms with Crippen molar-refractivity contribution < 1.29 is 9.47 Å². The topological polar surface area (TPSA) is 30.5 Å². The second-order valence-corrected chi connectivity index (χ2v) is 4.60. The molecule has 3 nitrogen and oxygen atoms in total. The Morgan fingerprint density at radius 1 is 1.31 bits per heavy atom. The average Bonchev–Trinajstić information content (AvgIpc) is 2.98. The highest BCUT2D eigenvalue weighted by Gasteiger charge is 2.23. The van der Waals surface area contributed by atoms with Crippen molar-refractivity contribution in [2.24, 2.45) is 0 Å². The van der Waals surface area contributed by atoms with Crippen LogP contribution in [0.4, 0.5) is 0 Å². The van der Waals surface area contributed by atoms with Gasteiger partial charge in [-0.3, -0.25) is 0 Å². The van der Waals surface area contributed by atoms with E-state index in [0.29, 0.717) is 18.8 Å². The van der Waals surface area contributed by atoms with Crippen molar-refractivity contribution in [2.45, 2.75) is 31.7 Å². The molecular formula is C13H17NO2. The van der Waals surface area contributed by atoms with Crippen molar-refractivity contribution in [3.8, 4) is 11.5 Å².